The second-order valence-electron chi connectivity index (χ2n) is 4.32. The number of rotatable bonds is 4. The number of hydrogen-bond donors (Lipinski definition) is 1. The lowest BCUT2D eigenvalue weighted by Crippen LogP contribution is -2.12. The van der Waals surface area contributed by atoms with Crippen LogP contribution >= 0.6 is 0 Å². The number of furan rings is 1. The normalized spacial score (nSPS) is 12.9. The zero-order valence-electron chi connectivity index (χ0n) is 10.2. The molecule has 3 rings (SSSR count). The molecular formula is C14H15NO3. The topological polar surface area (TPSA) is 43.6 Å². The van der Waals surface area contributed by atoms with Gasteiger partial charge in [0.05, 0.1) is 12.8 Å². The molecule has 1 aromatic heterocycles. The number of nitrogens with one attached hydrogen (secondary N) is 1. The predicted octanol–water partition coefficient (Wildman–Crippen LogP) is 2.61. The minimum absolute atomic E-state index is 0.317. The summed E-state index contributed by atoms with van der Waals surface area (Å²) in [6.45, 7) is 3.86. The van der Waals surface area contributed by atoms with E-state index in [1.54, 1.807) is 6.26 Å². The maximum atomic E-state index is 5.37. The molecule has 0 spiro atoms. The van der Waals surface area contributed by atoms with Crippen molar-refractivity contribution in [3.05, 3.63) is 47.4 Å². The zero-order valence-corrected chi connectivity index (χ0v) is 10.2. The van der Waals surface area contributed by atoms with Gasteiger partial charge in [0.2, 0.25) is 6.79 Å². The minimum atomic E-state index is 0.317. The van der Waals surface area contributed by atoms with Gasteiger partial charge in [-0.15, -0.1) is 0 Å². The molecule has 2 aromatic rings. The van der Waals surface area contributed by atoms with Crippen LogP contribution < -0.4 is 14.8 Å². The van der Waals surface area contributed by atoms with E-state index in [2.05, 4.69) is 5.32 Å². The van der Waals surface area contributed by atoms with Gasteiger partial charge < -0.3 is 19.2 Å². The van der Waals surface area contributed by atoms with Gasteiger partial charge in [-0.3, -0.25) is 0 Å². The van der Waals surface area contributed by atoms with Gasteiger partial charge in [0.1, 0.15) is 5.76 Å². The molecule has 4 heteroatoms. The Bertz CT molecular complexity index is 548. The van der Waals surface area contributed by atoms with Crippen LogP contribution in [0.4, 0.5) is 0 Å². The van der Waals surface area contributed by atoms with Crippen molar-refractivity contribution in [3.63, 3.8) is 0 Å². The van der Waals surface area contributed by atoms with Crippen molar-refractivity contribution < 1.29 is 13.9 Å². The highest BCUT2D eigenvalue weighted by atomic mass is 16.7. The third kappa shape index (κ3) is 2.19. The highest BCUT2D eigenvalue weighted by Crippen LogP contribution is 2.32. The molecular weight excluding hydrogens is 230 g/mol. The van der Waals surface area contributed by atoms with Crippen molar-refractivity contribution >= 4 is 0 Å². The van der Waals surface area contributed by atoms with E-state index < -0.39 is 0 Å². The first-order chi connectivity index (χ1) is 8.83. The van der Waals surface area contributed by atoms with Crippen LogP contribution in [-0.4, -0.2) is 6.79 Å². The summed E-state index contributed by atoms with van der Waals surface area (Å²) in [5, 5.41) is 3.35. The summed E-state index contributed by atoms with van der Waals surface area (Å²) in [4.78, 5) is 0. The van der Waals surface area contributed by atoms with Gasteiger partial charge in [-0.2, -0.15) is 0 Å². The van der Waals surface area contributed by atoms with Crippen LogP contribution in [0, 0.1) is 6.92 Å². The SMILES string of the molecule is Cc1ccoc1CNCc1ccc2c(c1)OCO2. The van der Waals surface area contributed by atoms with Crippen LogP contribution in [-0.2, 0) is 13.1 Å². The van der Waals surface area contributed by atoms with Crippen LogP contribution in [0.2, 0.25) is 0 Å². The van der Waals surface area contributed by atoms with Crippen molar-refractivity contribution in [2.45, 2.75) is 20.0 Å². The summed E-state index contributed by atoms with van der Waals surface area (Å²) in [6.07, 6.45) is 1.72. The minimum Gasteiger partial charge on any atom is -0.468 e. The molecule has 0 unspecified atom stereocenters. The van der Waals surface area contributed by atoms with Crippen molar-refractivity contribution in [2.24, 2.45) is 0 Å². The lowest BCUT2D eigenvalue weighted by molar-refractivity contribution is 0.174. The first-order valence-electron chi connectivity index (χ1n) is 5.95. The van der Waals surface area contributed by atoms with Gasteiger partial charge in [-0.05, 0) is 36.2 Å². The van der Waals surface area contributed by atoms with Gasteiger partial charge in [-0.1, -0.05) is 6.07 Å². The first-order valence-corrected chi connectivity index (χ1v) is 5.95. The summed E-state index contributed by atoms with van der Waals surface area (Å²) in [5.74, 6) is 2.62. The van der Waals surface area contributed by atoms with E-state index in [1.807, 2.05) is 31.2 Å². The predicted molar refractivity (Wildman–Crippen MR) is 66.6 cm³/mol. The number of ether oxygens (including phenoxy) is 2. The van der Waals surface area contributed by atoms with Crippen LogP contribution in [0.5, 0.6) is 11.5 Å². The van der Waals surface area contributed by atoms with Crippen LogP contribution in [0.1, 0.15) is 16.9 Å². The van der Waals surface area contributed by atoms with E-state index in [-0.39, 0.29) is 0 Å². The van der Waals surface area contributed by atoms with Crippen molar-refractivity contribution in [1.29, 1.82) is 0 Å². The number of benzene rings is 1. The summed E-state index contributed by atoms with van der Waals surface area (Å²) < 4.78 is 16.0. The molecule has 0 fully saturated rings. The Morgan fingerprint density at radius 1 is 1.11 bits per heavy atom. The lowest BCUT2D eigenvalue weighted by atomic mass is 10.2. The first kappa shape index (κ1) is 11.2. The molecule has 1 aliphatic heterocycles. The molecule has 2 heterocycles. The Kier molecular flexibility index (Phi) is 2.94. The third-order valence-corrected chi connectivity index (χ3v) is 3.02. The second kappa shape index (κ2) is 4.74. The average Bonchev–Trinajstić information content (AvgIpc) is 2.98. The summed E-state index contributed by atoms with van der Waals surface area (Å²) in [5.41, 5.74) is 2.34. The Morgan fingerprint density at radius 2 is 2.00 bits per heavy atom. The summed E-state index contributed by atoms with van der Waals surface area (Å²) >= 11 is 0. The molecule has 0 radical (unpaired) electrons. The fraction of sp³-hybridized carbons (Fsp3) is 0.286. The summed E-state index contributed by atoms with van der Waals surface area (Å²) in [6, 6.07) is 7.95. The Balaban J connectivity index is 1.59. The summed E-state index contributed by atoms with van der Waals surface area (Å²) in [7, 11) is 0. The molecule has 1 N–H and O–H groups in total. The third-order valence-electron chi connectivity index (χ3n) is 3.02. The number of hydrogen-bond acceptors (Lipinski definition) is 4. The fourth-order valence-corrected chi connectivity index (χ4v) is 1.96. The highest BCUT2D eigenvalue weighted by molar-refractivity contribution is 5.44. The largest absolute Gasteiger partial charge is 0.468 e. The molecule has 0 bridgehead atoms. The van der Waals surface area contributed by atoms with Crippen LogP contribution in [0.25, 0.3) is 0 Å². The second-order valence-corrected chi connectivity index (χ2v) is 4.32. The molecule has 0 saturated heterocycles. The van der Waals surface area contributed by atoms with Crippen LogP contribution in [0.3, 0.4) is 0 Å². The van der Waals surface area contributed by atoms with Crippen LogP contribution in [0.15, 0.2) is 34.9 Å². The van der Waals surface area contributed by atoms with Gasteiger partial charge in [0, 0.05) is 6.54 Å². The monoisotopic (exact) mass is 245 g/mol. The molecule has 0 amide bonds. The van der Waals surface area contributed by atoms with E-state index in [0.29, 0.717) is 6.79 Å². The van der Waals surface area contributed by atoms with Crippen molar-refractivity contribution in [1.82, 2.24) is 5.32 Å². The Morgan fingerprint density at radius 3 is 2.83 bits per heavy atom. The van der Waals surface area contributed by atoms with Crippen molar-refractivity contribution in [2.75, 3.05) is 6.79 Å². The standard InChI is InChI=1S/C14H15NO3/c1-10-4-5-16-14(10)8-15-7-11-2-3-12-13(6-11)18-9-17-12/h2-6,15H,7-9H2,1H3. The Labute approximate surface area is 106 Å². The van der Waals surface area contributed by atoms with E-state index in [0.717, 1.165) is 30.3 Å². The highest BCUT2D eigenvalue weighted by Gasteiger charge is 2.12. The molecule has 1 aromatic carbocycles. The Hall–Kier alpha value is -1.94. The van der Waals surface area contributed by atoms with E-state index in [9.17, 15) is 0 Å². The molecule has 94 valence electrons. The van der Waals surface area contributed by atoms with E-state index in [4.69, 9.17) is 13.9 Å². The zero-order chi connectivity index (χ0) is 12.4. The fourth-order valence-electron chi connectivity index (χ4n) is 1.96. The average molecular weight is 245 g/mol. The molecule has 0 atom stereocenters. The quantitative estimate of drug-likeness (QED) is 0.899. The maximum absolute atomic E-state index is 5.37. The number of fused-ring (bicyclic) bond motifs is 1. The number of aryl methyl sites for hydroxylation is 1. The van der Waals surface area contributed by atoms with Crippen molar-refractivity contribution in [3.8, 4) is 11.5 Å². The van der Waals surface area contributed by atoms with E-state index in [1.165, 1.54) is 11.1 Å². The molecule has 1 aliphatic rings. The molecule has 0 aliphatic carbocycles. The van der Waals surface area contributed by atoms with Gasteiger partial charge in [-0.25, -0.2) is 0 Å². The smallest absolute Gasteiger partial charge is 0.231 e. The molecule has 18 heavy (non-hydrogen) atoms. The van der Waals surface area contributed by atoms with Gasteiger partial charge >= 0.3 is 0 Å². The molecule has 0 saturated carbocycles. The van der Waals surface area contributed by atoms with Gasteiger partial charge in [0.25, 0.3) is 0 Å². The lowest BCUT2D eigenvalue weighted by Gasteiger charge is -2.05. The van der Waals surface area contributed by atoms with E-state index >= 15 is 0 Å². The van der Waals surface area contributed by atoms with Gasteiger partial charge in [0.15, 0.2) is 11.5 Å². The molecule has 4 nitrogen and oxygen atoms in total. The maximum Gasteiger partial charge on any atom is 0.231 e.